The first kappa shape index (κ1) is 25.3. The average Bonchev–Trinajstić information content (AvgIpc) is 3.10. The molecule has 3 amide bonds. The van der Waals surface area contributed by atoms with Crippen LogP contribution in [0.15, 0.2) is 24.3 Å². The largest absolute Gasteiger partial charge is 0.480 e. The fraction of sp³-hybridized carbons (Fsp3) is 0.455. The summed E-state index contributed by atoms with van der Waals surface area (Å²) in [5.74, 6) is -3.87. The van der Waals surface area contributed by atoms with Crippen molar-refractivity contribution < 1.29 is 28.7 Å². The van der Waals surface area contributed by atoms with Crippen LogP contribution in [0.2, 0.25) is 5.02 Å². The molecule has 1 heterocycles. The molecule has 1 aliphatic rings. The number of carboxylic acid groups (broad SMARTS) is 1. The summed E-state index contributed by atoms with van der Waals surface area (Å²) >= 11 is 5.71. The summed E-state index contributed by atoms with van der Waals surface area (Å²) in [7, 11) is 0. The van der Waals surface area contributed by atoms with Crippen molar-refractivity contribution in [3.05, 3.63) is 40.7 Å². The molecule has 0 aromatic heterocycles. The Balaban J connectivity index is 2.05. The van der Waals surface area contributed by atoms with Crippen LogP contribution in [0.5, 0.6) is 0 Å². The van der Waals surface area contributed by atoms with E-state index in [1.807, 2.05) is 13.8 Å². The molecule has 0 spiro atoms. The standard InChI is InChI=1S/C22H27ClFN3O5/c1-12(2)9-17(26-19(28)6-4-13-3-5-15(23)11-16(13)24)21(30)27-18(22(31)32)10-14-7-8-25-20(14)29/h3-6,11-12,14,17-18H,7-10H2,1-2H3,(H,25,29)(H,26,28)(H,27,30)(H,31,32)/b6-4+/t14-,17?,18?/m0/s1. The van der Waals surface area contributed by atoms with Crippen LogP contribution < -0.4 is 16.0 Å². The van der Waals surface area contributed by atoms with Crippen LogP contribution in [0.25, 0.3) is 6.08 Å². The zero-order chi connectivity index (χ0) is 23.8. The molecule has 174 valence electrons. The third kappa shape index (κ3) is 7.64. The van der Waals surface area contributed by atoms with E-state index in [4.69, 9.17) is 11.6 Å². The molecule has 4 N–H and O–H groups in total. The van der Waals surface area contributed by atoms with Crippen LogP contribution in [0.4, 0.5) is 4.39 Å². The summed E-state index contributed by atoms with van der Waals surface area (Å²) in [4.78, 5) is 48.5. The Kier molecular flexibility index (Phi) is 9.19. The van der Waals surface area contributed by atoms with Gasteiger partial charge in [-0.25, -0.2) is 9.18 Å². The van der Waals surface area contributed by atoms with E-state index in [9.17, 15) is 28.7 Å². The summed E-state index contributed by atoms with van der Waals surface area (Å²) in [6.07, 6.45) is 3.06. The van der Waals surface area contributed by atoms with Crippen molar-refractivity contribution in [1.29, 1.82) is 0 Å². The number of hydrogen-bond acceptors (Lipinski definition) is 4. The Morgan fingerprint density at radius 2 is 2.00 bits per heavy atom. The fourth-order valence-electron chi connectivity index (χ4n) is 3.37. The van der Waals surface area contributed by atoms with Gasteiger partial charge in [-0.3, -0.25) is 14.4 Å². The molecule has 0 bridgehead atoms. The van der Waals surface area contributed by atoms with Crippen LogP contribution in [-0.2, 0) is 19.2 Å². The van der Waals surface area contributed by atoms with E-state index < -0.39 is 41.6 Å². The lowest BCUT2D eigenvalue weighted by Gasteiger charge is -2.23. The van der Waals surface area contributed by atoms with Crippen molar-refractivity contribution in [3.63, 3.8) is 0 Å². The first-order valence-electron chi connectivity index (χ1n) is 10.3. The number of halogens is 2. The number of hydrogen-bond donors (Lipinski definition) is 4. The summed E-state index contributed by atoms with van der Waals surface area (Å²) in [5, 5.41) is 17.3. The van der Waals surface area contributed by atoms with Crippen LogP contribution in [0.3, 0.4) is 0 Å². The van der Waals surface area contributed by atoms with E-state index in [1.54, 1.807) is 0 Å². The van der Waals surface area contributed by atoms with Gasteiger partial charge in [0.15, 0.2) is 0 Å². The van der Waals surface area contributed by atoms with Crippen molar-refractivity contribution in [3.8, 4) is 0 Å². The second kappa shape index (κ2) is 11.6. The lowest BCUT2D eigenvalue weighted by molar-refractivity contribution is -0.143. The molecule has 1 fully saturated rings. The molecular weight excluding hydrogens is 441 g/mol. The smallest absolute Gasteiger partial charge is 0.326 e. The fourth-order valence-corrected chi connectivity index (χ4v) is 3.53. The highest BCUT2D eigenvalue weighted by Crippen LogP contribution is 2.17. The molecule has 2 unspecified atom stereocenters. The lowest BCUT2D eigenvalue weighted by atomic mass is 9.97. The molecule has 3 atom stereocenters. The predicted octanol–water partition coefficient (Wildman–Crippen LogP) is 2.12. The summed E-state index contributed by atoms with van der Waals surface area (Å²) in [6, 6.07) is 1.75. The first-order valence-corrected chi connectivity index (χ1v) is 10.7. The number of rotatable bonds is 10. The summed E-state index contributed by atoms with van der Waals surface area (Å²) in [6.45, 7) is 4.17. The highest BCUT2D eigenvalue weighted by Gasteiger charge is 2.33. The number of carbonyl (C=O) groups excluding carboxylic acids is 3. The predicted molar refractivity (Wildman–Crippen MR) is 117 cm³/mol. The highest BCUT2D eigenvalue weighted by molar-refractivity contribution is 6.30. The van der Waals surface area contributed by atoms with Crippen LogP contribution >= 0.6 is 11.6 Å². The van der Waals surface area contributed by atoms with Crippen molar-refractivity contribution in [2.45, 2.75) is 45.2 Å². The van der Waals surface area contributed by atoms with Crippen LogP contribution in [0.1, 0.15) is 38.7 Å². The molecule has 1 aromatic rings. The van der Waals surface area contributed by atoms with Gasteiger partial charge in [-0.15, -0.1) is 0 Å². The molecule has 32 heavy (non-hydrogen) atoms. The molecule has 8 nitrogen and oxygen atoms in total. The van der Waals surface area contributed by atoms with E-state index in [0.29, 0.717) is 13.0 Å². The monoisotopic (exact) mass is 467 g/mol. The van der Waals surface area contributed by atoms with Gasteiger partial charge in [-0.2, -0.15) is 0 Å². The van der Waals surface area contributed by atoms with Gasteiger partial charge in [-0.05, 0) is 43.4 Å². The minimum absolute atomic E-state index is 0.0210. The van der Waals surface area contributed by atoms with E-state index in [-0.39, 0.29) is 35.3 Å². The zero-order valence-electron chi connectivity index (χ0n) is 17.9. The molecular formula is C22H27ClFN3O5. The van der Waals surface area contributed by atoms with Crippen molar-refractivity contribution in [2.24, 2.45) is 11.8 Å². The van der Waals surface area contributed by atoms with Gasteiger partial charge >= 0.3 is 5.97 Å². The van der Waals surface area contributed by atoms with E-state index in [0.717, 1.165) is 12.1 Å². The van der Waals surface area contributed by atoms with Crippen LogP contribution in [0, 0.1) is 17.7 Å². The quantitative estimate of drug-likeness (QED) is 0.392. The maximum absolute atomic E-state index is 13.9. The molecule has 1 saturated heterocycles. The molecule has 0 saturated carbocycles. The molecule has 1 aliphatic heterocycles. The van der Waals surface area contributed by atoms with Gasteiger partial charge in [0.05, 0.1) is 0 Å². The van der Waals surface area contributed by atoms with Gasteiger partial charge in [0, 0.05) is 29.1 Å². The Bertz CT molecular complexity index is 906. The van der Waals surface area contributed by atoms with E-state index in [1.165, 1.54) is 18.2 Å². The van der Waals surface area contributed by atoms with E-state index >= 15 is 0 Å². The van der Waals surface area contributed by atoms with Gasteiger partial charge in [0.2, 0.25) is 17.7 Å². The second-order valence-corrected chi connectivity index (χ2v) is 8.54. The number of amides is 3. The van der Waals surface area contributed by atoms with Crippen molar-refractivity contribution >= 4 is 41.4 Å². The molecule has 10 heteroatoms. The maximum atomic E-state index is 13.9. The number of carboxylic acids is 1. The SMILES string of the molecule is CC(C)CC(NC(=O)/C=C/c1ccc(Cl)cc1F)C(=O)NC(C[C@@H]1CCNC1=O)C(=O)O. The third-order valence-electron chi connectivity index (χ3n) is 5.01. The number of nitrogens with one attached hydrogen (secondary N) is 3. The minimum atomic E-state index is -1.26. The summed E-state index contributed by atoms with van der Waals surface area (Å²) in [5.41, 5.74) is 0.148. The molecule has 2 rings (SSSR count). The van der Waals surface area contributed by atoms with Gasteiger partial charge in [0.25, 0.3) is 0 Å². The second-order valence-electron chi connectivity index (χ2n) is 8.10. The Hall–Kier alpha value is -2.94. The van der Waals surface area contributed by atoms with Crippen LogP contribution in [-0.4, -0.2) is 47.4 Å². The van der Waals surface area contributed by atoms with Gasteiger partial charge in [-0.1, -0.05) is 31.5 Å². The Labute approximate surface area is 190 Å². The Morgan fingerprint density at radius 1 is 1.28 bits per heavy atom. The number of aliphatic carboxylic acids is 1. The topological polar surface area (TPSA) is 125 Å². The highest BCUT2D eigenvalue weighted by atomic mass is 35.5. The Morgan fingerprint density at radius 3 is 2.56 bits per heavy atom. The molecule has 1 aromatic carbocycles. The first-order chi connectivity index (χ1) is 15.1. The molecule has 0 radical (unpaired) electrons. The number of carbonyl (C=O) groups is 4. The van der Waals surface area contributed by atoms with Crippen molar-refractivity contribution in [2.75, 3.05) is 6.54 Å². The summed E-state index contributed by atoms with van der Waals surface area (Å²) < 4.78 is 13.9. The van der Waals surface area contributed by atoms with Crippen molar-refractivity contribution in [1.82, 2.24) is 16.0 Å². The average molecular weight is 468 g/mol. The van der Waals surface area contributed by atoms with E-state index in [2.05, 4.69) is 16.0 Å². The molecule has 0 aliphatic carbocycles. The lowest BCUT2D eigenvalue weighted by Crippen LogP contribution is -2.52. The number of benzene rings is 1. The maximum Gasteiger partial charge on any atom is 0.326 e. The zero-order valence-corrected chi connectivity index (χ0v) is 18.6. The van der Waals surface area contributed by atoms with Gasteiger partial charge < -0.3 is 21.1 Å². The normalized spacial score (nSPS) is 17.8. The third-order valence-corrected chi connectivity index (χ3v) is 5.25. The minimum Gasteiger partial charge on any atom is -0.480 e. The van der Waals surface area contributed by atoms with Gasteiger partial charge in [0.1, 0.15) is 17.9 Å².